The van der Waals surface area contributed by atoms with E-state index in [0.717, 1.165) is 0 Å². The fraction of sp³-hybridized carbons (Fsp3) is 0.545. The fourth-order valence-corrected chi connectivity index (χ4v) is 1.17. The van der Waals surface area contributed by atoms with Gasteiger partial charge in [-0.25, -0.2) is 4.79 Å². The van der Waals surface area contributed by atoms with Crippen molar-refractivity contribution in [3.8, 4) is 12.3 Å². The first-order valence-electron chi connectivity index (χ1n) is 5.43. The van der Waals surface area contributed by atoms with Crippen LogP contribution >= 0.6 is 0 Å². The van der Waals surface area contributed by atoms with Crippen LogP contribution in [0.4, 0.5) is 4.79 Å². The van der Waals surface area contributed by atoms with E-state index in [0.29, 0.717) is 6.61 Å². The van der Waals surface area contributed by atoms with Crippen molar-refractivity contribution in [3.63, 3.8) is 0 Å². The third-order valence-electron chi connectivity index (χ3n) is 1.89. The number of methoxy groups -OCH3 is 1. The molecule has 0 aliphatic carbocycles. The van der Waals surface area contributed by atoms with Gasteiger partial charge in [-0.2, -0.15) is 0 Å². The molecule has 0 rings (SSSR count). The summed E-state index contributed by atoms with van der Waals surface area (Å²) in [7, 11) is 1.48. The molecule has 0 aliphatic heterocycles. The Balaban J connectivity index is 4.08. The Morgan fingerprint density at radius 1 is 1.37 bits per heavy atom. The monoisotopic (exact) mass is 271 g/mol. The van der Waals surface area contributed by atoms with Crippen molar-refractivity contribution in [2.24, 2.45) is 0 Å². The number of urea groups is 1. The number of imide groups is 1. The third kappa shape index (κ3) is 9.58. The van der Waals surface area contributed by atoms with Crippen LogP contribution in [0.15, 0.2) is 0 Å². The Morgan fingerprint density at radius 2 is 2.05 bits per heavy atom. The number of terminal acetylenes is 1. The maximum atomic E-state index is 11.4. The number of hydrogen-bond acceptors (Lipinski definition) is 5. The Bertz CT molecular complexity index is 364. The summed E-state index contributed by atoms with van der Waals surface area (Å²) >= 11 is 0. The van der Waals surface area contributed by atoms with Crippen molar-refractivity contribution in [3.05, 3.63) is 0 Å². The highest BCUT2D eigenvalue weighted by atomic mass is 16.5. The molecule has 8 nitrogen and oxygen atoms in total. The normalized spacial score (nSPS) is 9.74. The summed E-state index contributed by atoms with van der Waals surface area (Å²) < 4.78 is 4.71. The van der Waals surface area contributed by atoms with E-state index in [-0.39, 0.29) is 26.2 Å². The van der Waals surface area contributed by atoms with Crippen LogP contribution in [0.2, 0.25) is 0 Å². The SMILES string of the molecule is C#CCN(CC(=O)O)CC(=O)NC(=O)NCCOC. The van der Waals surface area contributed by atoms with Crippen LogP contribution in [0, 0.1) is 12.3 Å². The van der Waals surface area contributed by atoms with Gasteiger partial charge in [0.15, 0.2) is 0 Å². The molecule has 0 aromatic rings. The van der Waals surface area contributed by atoms with Gasteiger partial charge in [0.1, 0.15) is 0 Å². The summed E-state index contributed by atoms with van der Waals surface area (Å²) in [5.74, 6) is 0.502. The highest BCUT2D eigenvalue weighted by Gasteiger charge is 2.14. The number of amides is 3. The van der Waals surface area contributed by atoms with Gasteiger partial charge in [0.25, 0.3) is 0 Å². The van der Waals surface area contributed by atoms with Crippen molar-refractivity contribution in [2.45, 2.75) is 0 Å². The molecule has 106 valence electrons. The summed E-state index contributed by atoms with van der Waals surface area (Å²) in [5, 5.41) is 13.1. The van der Waals surface area contributed by atoms with Crippen LogP contribution < -0.4 is 10.6 Å². The lowest BCUT2D eigenvalue weighted by atomic mass is 10.4. The molecule has 0 atom stereocenters. The maximum absolute atomic E-state index is 11.4. The average Bonchev–Trinajstić information content (AvgIpc) is 2.28. The summed E-state index contributed by atoms with van der Waals surface area (Å²) in [5.41, 5.74) is 0. The number of ether oxygens (including phenoxy) is 1. The van der Waals surface area contributed by atoms with E-state index in [1.54, 1.807) is 0 Å². The molecule has 0 fully saturated rings. The van der Waals surface area contributed by atoms with Gasteiger partial charge in [-0.3, -0.25) is 19.8 Å². The van der Waals surface area contributed by atoms with Crippen LogP contribution in [0.1, 0.15) is 0 Å². The quantitative estimate of drug-likeness (QED) is 0.365. The molecular weight excluding hydrogens is 254 g/mol. The highest BCUT2D eigenvalue weighted by molar-refractivity contribution is 5.95. The zero-order valence-electron chi connectivity index (χ0n) is 10.6. The fourth-order valence-electron chi connectivity index (χ4n) is 1.17. The Labute approximate surface area is 111 Å². The van der Waals surface area contributed by atoms with Gasteiger partial charge in [-0.05, 0) is 0 Å². The van der Waals surface area contributed by atoms with Gasteiger partial charge in [-0.1, -0.05) is 5.92 Å². The summed E-state index contributed by atoms with van der Waals surface area (Å²) in [6, 6.07) is -0.668. The molecule has 3 amide bonds. The smallest absolute Gasteiger partial charge is 0.321 e. The lowest BCUT2D eigenvalue weighted by Crippen LogP contribution is -2.46. The topological polar surface area (TPSA) is 108 Å². The van der Waals surface area contributed by atoms with Gasteiger partial charge >= 0.3 is 12.0 Å². The molecule has 0 aromatic carbocycles. The molecule has 0 bridgehead atoms. The minimum Gasteiger partial charge on any atom is -0.480 e. The van der Waals surface area contributed by atoms with Gasteiger partial charge in [0.05, 0.1) is 26.2 Å². The lowest BCUT2D eigenvalue weighted by Gasteiger charge is -2.16. The number of carbonyl (C=O) groups is 3. The molecule has 0 heterocycles. The lowest BCUT2D eigenvalue weighted by molar-refractivity contribution is -0.138. The van der Waals surface area contributed by atoms with E-state index in [4.69, 9.17) is 16.3 Å². The summed E-state index contributed by atoms with van der Waals surface area (Å²) in [4.78, 5) is 34.4. The van der Waals surface area contributed by atoms with Crippen molar-refractivity contribution in [1.29, 1.82) is 0 Å². The molecule has 0 saturated carbocycles. The molecule has 8 heteroatoms. The average molecular weight is 271 g/mol. The maximum Gasteiger partial charge on any atom is 0.321 e. The van der Waals surface area contributed by atoms with Gasteiger partial charge in [-0.15, -0.1) is 6.42 Å². The van der Waals surface area contributed by atoms with Crippen molar-refractivity contribution < 1.29 is 24.2 Å². The Kier molecular flexibility index (Phi) is 8.78. The van der Waals surface area contributed by atoms with Crippen molar-refractivity contribution in [1.82, 2.24) is 15.5 Å². The van der Waals surface area contributed by atoms with Crippen molar-refractivity contribution in [2.75, 3.05) is 39.9 Å². The number of nitrogens with one attached hydrogen (secondary N) is 2. The van der Waals surface area contributed by atoms with Crippen LogP contribution in [-0.4, -0.2) is 67.8 Å². The second kappa shape index (κ2) is 9.87. The van der Waals surface area contributed by atoms with Crippen LogP contribution in [-0.2, 0) is 14.3 Å². The molecule has 0 aliphatic rings. The van der Waals surface area contributed by atoms with E-state index in [9.17, 15) is 14.4 Å². The van der Waals surface area contributed by atoms with E-state index in [2.05, 4.69) is 16.6 Å². The van der Waals surface area contributed by atoms with Crippen molar-refractivity contribution >= 4 is 17.9 Å². The Hall–Kier alpha value is -2.11. The van der Waals surface area contributed by atoms with E-state index in [1.165, 1.54) is 12.0 Å². The Morgan fingerprint density at radius 3 is 2.58 bits per heavy atom. The zero-order chi connectivity index (χ0) is 14.7. The molecule has 0 radical (unpaired) electrons. The molecular formula is C11H17N3O5. The molecule has 0 saturated heterocycles. The van der Waals surface area contributed by atoms with Crippen LogP contribution in [0.25, 0.3) is 0 Å². The molecule has 0 aromatic heterocycles. The van der Waals surface area contributed by atoms with Gasteiger partial charge in [0.2, 0.25) is 5.91 Å². The minimum atomic E-state index is -1.10. The number of carboxylic acid groups (broad SMARTS) is 1. The molecule has 0 unspecified atom stereocenters. The highest BCUT2D eigenvalue weighted by Crippen LogP contribution is 1.87. The van der Waals surface area contributed by atoms with Gasteiger partial charge in [0, 0.05) is 13.7 Å². The standard InChI is InChI=1S/C11H17N3O5/c1-3-5-14(8-10(16)17)7-9(15)13-11(18)12-4-6-19-2/h1H,4-8H2,2H3,(H,16,17)(H2,12,13,15,18). The predicted octanol–water partition coefficient (Wildman–Crippen LogP) is -1.52. The van der Waals surface area contributed by atoms with Gasteiger partial charge < -0.3 is 15.2 Å². The second-order valence-corrected chi connectivity index (χ2v) is 3.54. The van der Waals surface area contributed by atoms with Crippen LogP contribution in [0.3, 0.4) is 0 Å². The predicted molar refractivity (Wildman–Crippen MR) is 66.3 cm³/mol. The van der Waals surface area contributed by atoms with E-state index in [1.807, 2.05) is 0 Å². The summed E-state index contributed by atoms with van der Waals surface area (Å²) in [6.45, 7) is -0.0508. The number of carbonyl (C=O) groups excluding carboxylic acids is 2. The number of nitrogens with zero attached hydrogens (tertiary/aromatic N) is 1. The van der Waals surface area contributed by atoms with E-state index < -0.39 is 17.9 Å². The van der Waals surface area contributed by atoms with E-state index >= 15 is 0 Å². The first-order chi connectivity index (χ1) is 8.99. The molecule has 0 spiro atoms. The largest absolute Gasteiger partial charge is 0.480 e. The number of carboxylic acids is 1. The second-order valence-electron chi connectivity index (χ2n) is 3.54. The first-order valence-corrected chi connectivity index (χ1v) is 5.43. The molecule has 3 N–H and O–H groups in total. The minimum absolute atomic E-state index is 0.00497. The number of hydrogen-bond donors (Lipinski definition) is 3. The van der Waals surface area contributed by atoms with Crippen LogP contribution in [0.5, 0.6) is 0 Å². The first kappa shape index (κ1) is 16.9. The zero-order valence-corrected chi connectivity index (χ0v) is 10.6. The summed E-state index contributed by atoms with van der Waals surface area (Å²) in [6.07, 6.45) is 5.05. The number of aliphatic carboxylic acids is 1. The number of rotatable bonds is 8. The molecule has 19 heavy (non-hydrogen) atoms. The third-order valence-corrected chi connectivity index (χ3v) is 1.89.